The van der Waals surface area contributed by atoms with Crippen LogP contribution in [0.3, 0.4) is 0 Å². The number of esters is 1. The molecule has 2 saturated heterocycles. The maximum atomic E-state index is 12.6. The Bertz CT molecular complexity index is 565. The lowest BCUT2D eigenvalue weighted by molar-refractivity contribution is -0.150. The van der Waals surface area contributed by atoms with Crippen molar-refractivity contribution >= 4 is 28.6 Å². The fourth-order valence-corrected chi connectivity index (χ4v) is 4.92. The molecule has 0 aliphatic carbocycles. The summed E-state index contributed by atoms with van der Waals surface area (Å²) in [4.78, 5) is 15.0. The largest absolute Gasteiger partial charge is 0.469 e. The van der Waals surface area contributed by atoms with Crippen molar-refractivity contribution < 1.29 is 13.9 Å². The molecule has 2 bridgehead atoms. The zero-order chi connectivity index (χ0) is 17.1. The van der Waals surface area contributed by atoms with Gasteiger partial charge >= 0.3 is 5.97 Å². The highest BCUT2D eigenvalue weighted by atomic mass is 127. The van der Waals surface area contributed by atoms with Gasteiger partial charge in [-0.2, -0.15) is 0 Å². The van der Waals surface area contributed by atoms with E-state index in [1.807, 2.05) is 0 Å². The Hall–Kier alpha value is -0.690. The van der Waals surface area contributed by atoms with E-state index in [4.69, 9.17) is 4.74 Å². The summed E-state index contributed by atoms with van der Waals surface area (Å²) in [5.41, 5.74) is 1.24. The van der Waals surface area contributed by atoms with Gasteiger partial charge in [0.05, 0.1) is 19.7 Å². The molecular formula is C19H25FINO2. The minimum atomic E-state index is -0.255. The summed E-state index contributed by atoms with van der Waals surface area (Å²) in [5, 5.41) is 0. The van der Waals surface area contributed by atoms with Crippen LogP contribution in [0.1, 0.15) is 43.6 Å². The number of unbranched alkanes of at least 4 members (excludes halogenated alkanes) is 1. The molecule has 0 aromatic heterocycles. The van der Waals surface area contributed by atoms with E-state index < -0.39 is 0 Å². The van der Waals surface area contributed by atoms with Crippen molar-refractivity contribution in [1.29, 1.82) is 0 Å². The smallest absolute Gasteiger partial charge is 0.310 e. The lowest BCUT2D eigenvalue weighted by atomic mass is 9.76. The Morgan fingerprint density at radius 2 is 2.04 bits per heavy atom. The molecule has 1 aromatic rings. The number of halogens is 2. The first kappa shape index (κ1) is 18.1. The highest BCUT2D eigenvalue weighted by molar-refractivity contribution is 14.1. The van der Waals surface area contributed by atoms with Gasteiger partial charge in [-0.3, -0.25) is 14.1 Å². The molecule has 0 amide bonds. The first-order valence-corrected chi connectivity index (χ1v) is 9.88. The van der Waals surface area contributed by atoms with Crippen LogP contribution < -0.4 is 0 Å². The highest BCUT2D eigenvalue weighted by Gasteiger charge is 2.50. The molecule has 132 valence electrons. The van der Waals surface area contributed by atoms with Crippen molar-refractivity contribution in [3.63, 3.8) is 0 Å². The number of hydrogen-bond donors (Lipinski definition) is 0. The van der Waals surface area contributed by atoms with Gasteiger partial charge in [-0.1, -0.05) is 12.1 Å². The van der Waals surface area contributed by atoms with Crippen molar-refractivity contribution in [3.05, 3.63) is 33.4 Å². The Morgan fingerprint density at radius 1 is 1.29 bits per heavy atom. The second kappa shape index (κ2) is 8.13. The first-order chi connectivity index (χ1) is 11.7. The third-order valence-electron chi connectivity index (χ3n) is 5.64. The number of fused-ring (bicyclic) bond motifs is 2. The van der Waals surface area contributed by atoms with Crippen molar-refractivity contribution in [3.8, 4) is 0 Å². The van der Waals surface area contributed by atoms with Gasteiger partial charge in [0.2, 0.25) is 0 Å². The average Bonchev–Trinajstić information content (AvgIpc) is 2.87. The SMILES string of the molecule is COC(=O)C1C(c2ccc(I)cc2)CC2CCC1N2CCCCF. The minimum Gasteiger partial charge on any atom is -0.469 e. The van der Waals surface area contributed by atoms with Gasteiger partial charge in [0.15, 0.2) is 0 Å². The second-order valence-corrected chi connectivity index (χ2v) is 8.12. The lowest BCUT2D eigenvalue weighted by Crippen LogP contribution is -2.51. The molecule has 1 aromatic carbocycles. The standard InChI is InChI=1S/C19H25FINO2/c1-24-19(23)18-16(13-4-6-14(21)7-5-13)12-15-8-9-17(18)22(15)11-3-2-10-20/h4-7,15-18H,2-3,8-12H2,1H3. The zero-order valence-corrected chi connectivity index (χ0v) is 16.2. The number of hydrogen-bond acceptors (Lipinski definition) is 3. The number of methoxy groups -OCH3 is 1. The molecule has 0 radical (unpaired) electrons. The summed E-state index contributed by atoms with van der Waals surface area (Å²) in [6, 6.07) is 9.28. The minimum absolute atomic E-state index is 0.0978. The van der Waals surface area contributed by atoms with Crippen LogP contribution in [-0.4, -0.2) is 43.3 Å². The molecule has 2 fully saturated rings. The predicted molar refractivity (Wildman–Crippen MR) is 101 cm³/mol. The predicted octanol–water partition coefficient (Wildman–Crippen LogP) is 4.15. The lowest BCUT2D eigenvalue weighted by Gasteiger charge is -2.43. The van der Waals surface area contributed by atoms with E-state index in [0.29, 0.717) is 12.5 Å². The second-order valence-electron chi connectivity index (χ2n) is 6.88. The number of rotatable bonds is 6. The maximum absolute atomic E-state index is 12.6. The molecule has 3 rings (SSSR count). The fraction of sp³-hybridized carbons (Fsp3) is 0.632. The molecule has 2 heterocycles. The van der Waals surface area contributed by atoms with Crippen molar-refractivity contribution in [2.24, 2.45) is 5.92 Å². The van der Waals surface area contributed by atoms with Crippen LogP contribution in [0.15, 0.2) is 24.3 Å². The van der Waals surface area contributed by atoms with Crippen LogP contribution in [0.25, 0.3) is 0 Å². The maximum Gasteiger partial charge on any atom is 0.310 e. The number of carbonyl (C=O) groups excluding carboxylic acids is 1. The quantitative estimate of drug-likeness (QED) is 0.375. The molecule has 4 unspecified atom stereocenters. The van der Waals surface area contributed by atoms with Crippen molar-refractivity contribution in [2.45, 2.75) is 50.1 Å². The van der Waals surface area contributed by atoms with E-state index in [1.54, 1.807) is 0 Å². The van der Waals surface area contributed by atoms with E-state index in [1.165, 1.54) is 16.2 Å². The van der Waals surface area contributed by atoms with Gasteiger partial charge in [0, 0.05) is 21.6 Å². The van der Waals surface area contributed by atoms with Crippen LogP contribution in [0.4, 0.5) is 4.39 Å². The zero-order valence-electron chi connectivity index (χ0n) is 14.1. The summed E-state index contributed by atoms with van der Waals surface area (Å²) in [6.07, 6.45) is 4.65. The van der Waals surface area contributed by atoms with Gasteiger partial charge in [-0.05, 0) is 78.9 Å². The van der Waals surface area contributed by atoms with Crippen molar-refractivity contribution in [2.75, 3.05) is 20.3 Å². The molecule has 0 N–H and O–H groups in total. The third kappa shape index (κ3) is 3.62. The molecule has 24 heavy (non-hydrogen) atoms. The van der Waals surface area contributed by atoms with Gasteiger partial charge in [0.25, 0.3) is 0 Å². The molecule has 0 spiro atoms. The van der Waals surface area contributed by atoms with E-state index in [9.17, 15) is 9.18 Å². The molecule has 2 aliphatic heterocycles. The first-order valence-electron chi connectivity index (χ1n) is 8.80. The van der Waals surface area contributed by atoms with Gasteiger partial charge in [-0.15, -0.1) is 0 Å². The molecule has 5 heteroatoms. The van der Waals surface area contributed by atoms with Gasteiger partial charge in [0.1, 0.15) is 0 Å². The summed E-state index contributed by atoms with van der Waals surface area (Å²) in [6.45, 7) is 0.640. The van der Waals surface area contributed by atoms with E-state index >= 15 is 0 Å². The van der Waals surface area contributed by atoms with E-state index in [0.717, 1.165) is 32.2 Å². The van der Waals surface area contributed by atoms with Crippen molar-refractivity contribution in [1.82, 2.24) is 4.90 Å². The van der Waals surface area contributed by atoms with Crippen LogP contribution >= 0.6 is 22.6 Å². The normalized spacial score (nSPS) is 29.6. The fourth-order valence-electron chi connectivity index (χ4n) is 4.56. The Balaban J connectivity index is 1.83. The van der Waals surface area contributed by atoms with Crippen LogP contribution in [0.2, 0.25) is 0 Å². The molecule has 4 atom stereocenters. The summed E-state index contributed by atoms with van der Waals surface area (Å²) in [5.74, 6) is 0.0166. The highest BCUT2D eigenvalue weighted by Crippen LogP contribution is 2.47. The monoisotopic (exact) mass is 445 g/mol. The van der Waals surface area contributed by atoms with Crippen LogP contribution in [0, 0.1) is 9.49 Å². The molecule has 2 aliphatic rings. The number of ether oxygens (including phenoxy) is 1. The number of alkyl halides is 1. The Labute approximate surface area is 157 Å². The summed E-state index contributed by atoms with van der Waals surface area (Å²) < 4.78 is 18.8. The average molecular weight is 445 g/mol. The van der Waals surface area contributed by atoms with Gasteiger partial charge in [-0.25, -0.2) is 0 Å². The van der Waals surface area contributed by atoms with E-state index in [2.05, 4.69) is 51.8 Å². The number of carbonyl (C=O) groups is 1. The molecule has 0 saturated carbocycles. The Morgan fingerprint density at radius 3 is 2.71 bits per heavy atom. The molecule has 3 nitrogen and oxygen atoms in total. The van der Waals surface area contributed by atoms with E-state index in [-0.39, 0.29) is 30.5 Å². The summed E-state index contributed by atoms with van der Waals surface area (Å²) >= 11 is 2.31. The third-order valence-corrected chi connectivity index (χ3v) is 6.36. The number of nitrogens with zero attached hydrogens (tertiary/aromatic N) is 1. The van der Waals surface area contributed by atoms with Gasteiger partial charge < -0.3 is 4.74 Å². The topological polar surface area (TPSA) is 29.5 Å². The number of piperidine rings is 1. The summed E-state index contributed by atoms with van der Waals surface area (Å²) in [7, 11) is 1.49. The van der Waals surface area contributed by atoms with Crippen LogP contribution in [0.5, 0.6) is 0 Å². The van der Waals surface area contributed by atoms with Crippen LogP contribution in [-0.2, 0) is 9.53 Å². The number of benzene rings is 1. The molecular weight excluding hydrogens is 420 g/mol. The Kier molecular flexibility index (Phi) is 6.13.